The highest BCUT2D eigenvalue weighted by Gasteiger charge is 2.01. The van der Waals surface area contributed by atoms with Crippen LogP contribution in [0.5, 0.6) is 0 Å². The average Bonchev–Trinajstić information content (AvgIpc) is 2.63. The van der Waals surface area contributed by atoms with Crippen LogP contribution in [0.1, 0.15) is 11.1 Å². The number of halogens is 2. The van der Waals surface area contributed by atoms with Crippen LogP contribution in [0.3, 0.4) is 0 Å². The van der Waals surface area contributed by atoms with E-state index in [1.54, 1.807) is 37.1 Å². The molecule has 2 aromatic rings. The molecular formula is C18H22ClFN4S. The molecule has 1 heterocycles. The Morgan fingerprint density at radius 2 is 2.00 bits per heavy atom. The van der Waals surface area contributed by atoms with Gasteiger partial charge in [-0.15, -0.1) is 0 Å². The minimum atomic E-state index is -0.142. The Morgan fingerprint density at radius 1 is 1.20 bits per heavy atom. The molecule has 134 valence electrons. The van der Waals surface area contributed by atoms with E-state index in [1.165, 1.54) is 6.07 Å². The first-order valence-electron chi connectivity index (χ1n) is 8.05. The van der Waals surface area contributed by atoms with E-state index in [0.717, 1.165) is 42.3 Å². The number of benzene rings is 1. The lowest BCUT2D eigenvalue weighted by Crippen LogP contribution is -2.39. The van der Waals surface area contributed by atoms with Gasteiger partial charge in [-0.3, -0.25) is 4.99 Å². The van der Waals surface area contributed by atoms with Crippen LogP contribution in [0.15, 0.2) is 47.6 Å². The molecule has 4 nitrogen and oxygen atoms in total. The minimum Gasteiger partial charge on any atom is -0.356 e. The van der Waals surface area contributed by atoms with Gasteiger partial charge in [-0.25, -0.2) is 9.37 Å². The number of nitrogens with zero attached hydrogens (tertiary/aromatic N) is 2. The highest BCUT2D eigenvalue weighted by Crippen LogP contribution is 2.14. The van der Waals surface area contributed by atoms with Crippen LogP contribution >= 0.6 is 23.4 Å². The Hall–Kier alpha value is -1.79. The van der Waals surface area contributed by atoms with E-state index in [1.807, 2.05) is 18.2 Å². The summed E-state index contributed by atoms with van der Waals surface area (Å²) in [4.78, 5) is 8.25. The quantitative estimate of drug-likeness (QED) is 0.318. The highest BCUT2D eigenvalue weighted by molar-refractivity contribution is 7.98. The van der Waals surface area contributed by atoms with Crippen molar-refractivity contribution in [3.63, 3.8) is 0 Å². The number of aliphatic imine (C=N–C) groups is 1. The SMILES string of the molecule is CN=C(NCCSCc1ccccc1F)NCCc1ccc(Cl)nc1. The van der Waals surface area contributed by atoms with Crippen molar-refractivity contribution in [2.75, 3.05) is 25.9 Å². The van der Waals surface area contributed by atoms with Crippen molar-refractivity contribution in [2.45, 2.75) is 12.2 Å². The van der Waals surface area contributed by atoms with Crippen molar-refractivity contribution in [3.8, 4) is 0 Å². The fourth-order valence-electron chi connectivity index (χ4n) is 2.14. The predicted molar refractivity (Wildman–Crippen MR) is 105 cm³/mol. The summed E-state index contributed by atoms with van der Waals surface area (Å²) >= 11 is 7.46. The molecule has 0 bridgehead atoms. The van der Waals surface area contributed by atoms with Crippen LogP contribution < -0.4 is 10.6 Å². The summed E-state index contributed by atoms with van der Waals surface area (Å²) in [7, 11) is 1.74. The molecule has 0 saturated carbocycles. The summed E-state index contributed by atoms with van der Waals surface area (Å²) in [6, 6.07) is 10.6. The van der Waals surface area contributed by atoms with Crippen LogP contribution in [-0.4, -0.2) is 36.8 Å². The second-order valence-corrected chi connectivity index (χ2v) is 6.80. The molecule has 0 radical (unpaired) electrons. The molecular weight excluding hydrogens is 359 g/mol. The lowest BCUT2D eigenvalue weighted by molar-refractivity contribution is 0.617. The Balaban J connectivity index is 1.60. The zero-order chi connectivity index (χ0) is 17.9. The molecule has 7 heteroatoms. The topological polar surface area (TPSA) is 49.3 Å². The smallest absolute Gasteiger partial charge is 0.191 e. The van der Waals surface area contributed by atoms with E-state index in [-0.39, 0.29) is 5.82 Å². The van der Waals surface area contributed by atoms with Crippen molar-refractivity contribution in [1.29, 1.82) is 0 Å². The van der Waals surface area contributed by atoms with Crippen molar-refractivity contribution in [1.82, 2.24) is 15.6 Å². The first kappa shape index (κ1) is 19.5. The number of thioether (sulfide) groups is 1. The maximum Gasteiger partial charge on any atom is 0.191 e. The standard InChI is InChI=1S/C18H22ClFN4S/c1-21-18(22-9-8-14-6-7-17(19)24-12-14)23-10-11-25-13-15-4-2-3-5-16(15)20/h2-7,12H,8-11,13H2,1H3,(H2,21,22,23). The van der Waals surface area contributed by atoms with Crippen LogP contribution in [0.2, 0.25) is 5.15 Å². The predicted octanol–water partition coefficient (Wildman–Crippen LogP) is 3.52. The van der Waals surface area contributed by atoms with Gasteiger partial charge < -0.3 is 10.6 Å². The Kier molecular flexibility index (Phi) is 8.55. The Morgan fingerprint density at radius 3 is 2.72 bits per heavy atom. The molecule has 0 aliphatic rings. The van der Waals surface area contributed by atoms with Crippen LogP contribution in [0.25, 0.3) is 0 Å². The van der Waals surface area contributed by atoms with Gasteiger partial charge in [0.1, 0.15) is 11.0 Å². The number of aromatic nitrogens is 1. The molecule has 0 aliphatic heterocycles. The lowest BCUT2D eigenvalue weighted by Gasteiger charge is -2.11. The first-order valence-corrected chi connectivity index (χ1v) is 9.58. The largest absolute Gasteiger partial charge is 0.356 e. The van der Waals surface area contributed by atoms with Gasteiger partial charge >= 0.3 is 0 Å². The van der Waals surface area contributed by atoms with Gasteiger partial charge in [0.05, 0.1) is 0 Å². The van der Waals surface area contributed by atoms with Gasteiger partial charge in [-0.2, -0.15) is 11.8 Å². The Labute approximate surface area is 157 Å². The zero-order valence-electron chi connectivity index (χ0n) is 14.1. The van der Waals surface area contributed by atoms with Crippen molar-refractivity contribution in [2.24, 2.45) is 4.99 Å². The molecule has 0 atom stereocenters. The maximum atomic E-state index is 13.5. The van der Waals surface area contributed by atoms with Crippen LogP contribution in [-0.2, 0) is 12.2 Å². The molecule has 2 rings (SSSR count). The third-order valence-corrected chi connectivity index (χ3v) is 4.70. The third-order valence-electron chi connectivity index (χ3n) is 3.47. The Bertz CT molecular complexity index is 679. The zero-order valence-corrected chi connectivity index (χ0v) is 15.7. The molecule has 0 aliphatic carbocycles. The van der Waals surface area contributed by atoms with Gasteiger partial charge in [0, 0.05) is 37.8 Å². The number of rotatable bonds is 8. The lowest BCUT2D eigenvalue weighted by atomic mass is 10.2. The van der Waals surface area contributed by atoms with Crippen molar-refractivity contribution in [3.05, 3.63) is 64.7 Å². The number of hydrogen-bond acceptors (Lipinski definition) is 3. The molecule has 25 heavy (non-hydrogen) atoms. The highest BCUT2D eigenvalue weighted by atomic mass is 35.5. The second-order valence-electron chi connectivity index (χ2n) is 5.31. The van der Waals surface area contributed by atoms with Gasteiger partial charge in [0.15, 0.2) is 5.96 Å². The number of guanidine groups is 1. The molecule has 0 fully saturated rings. The first-order chi connectivity index (χ1) is 12.2. The summed E-state index contributed by atoms with van der Waals surface area (Å²) in [6.45, 7) is 1.52. The summed E-state index contributed by atoms with van der Waals surface area (Å²) < 4.78 is 13.5. The third kappa shape index (κ3) is 7.32. The fraction of sp³-hybridized carbons (Fsp3) is 0.333. The fourth-order valence-corrected chi connectivity index (χ4v) is 3.10. The van der Waals surface area contributed by atoms with Gasteiger partial charge in [-0.05, 0) is 29.7 Å². The van der Waals surface area contributed by atoms with Crippen LogP contribution in [0.4, 0.5) is 4.39 Å². The van der Waals surface area contributed by atoms with Crippen molar-refractivity contribution < 1.29 is 4.39 Å². The summed E-state index contributed by atoms with van der Waals surface area (Å²) in [5.41, 5.74) is 1.86. The van der Waals surface area contributed by atoms with Gasteiger partial charge in [-0.1, -0.05) is 35.9 Å². The van der Waals surface area contributed by atoms with E-state index in [4.69, 9.17) is 11.6 Å². The monoisotopic (exact) mass is 380 g/mol. The molecule has 2 N–H and O–H groups in total. The molecule has 0 amide bonds. The molecule has 0 spiro atoms. The average molecular weight is 381 g/mol. The minimum absolute atomic E-state index is 0.142. The van der Waals surface area contributed by atoms with E-state index in [2.05, 4.69) is 20.6 Å². The van der Waals surface area contributed by atoms with E-state index >= 15 is 0 Å². The summed E-state index contributed by atoms with van der Waals surface area (Å²) in [5.74, 6) is 2.16. The van der Waals surface area contributed by atoms with Gasteiger partial charge in [0.2, 0.25) is 0 Å². The number of pyridine rings is 1. The van der Waals surface area contributed by atoms with Crippen LogP contribution in [0, 0.1) is 5.82 Å². The normalized spacial score (nSPS) is 11.4. The molecule has 1 aromatic carbocycles. The number of nitrogens with one attached hydrogen (secondary N) is 2. The molecule has 0 unspecified atom stereocenters. The van der Waals surface area contributed by atoms with E-state index in [0.29, 0.717) is 10.9 Å². The molecule has 0 saturated heterocycles. The summed E-state index contributed by atoms with van der Waals surface area (Å²) in [6.07, 6.45) is 2.62. The summed E-state index contributed by atoms with van der Waals surface area (Å²) in [5, 5.41) is 7.01. The second kappa shape index (κ2) is 10.9. The van der Waals surface area contributed by atoms with E-state index in [9.17, 15) is 4.39 Å². The maximum absolute atomic E-state index is 13.5. The van der Waals surface area contributed by atoms with Gasteiger partial charge in [0.25, 0.3) is 0 Å². The van der Waals surface area contributed by atoms with Crippen molar-refractivity contribution >= 4 is 29.3 Å². The number of hydrogen-bond donors (Lipinski definition) is 2. The van der Waals surface area contributed by atoms with E-state index < -0.39 is 0 Å². The molecule has 1 aromatic heterocycles.